The van der Waals surface area contributed by atoms with Gasteiger partial charge in [-0.2, -0.15) is 0 Å². The lowest BCUT2D eigenvalue weighted by Gasteiger charge is -2.09. The predicted octanol–water partition coefficient (Wildman–Crippen LogP) is 0.876. The summed E-state index contributed by atoms with van der Waals surface area (Å²) in [7, 11) is 0. The highest BCUT2D eigenvalue weighted by Crippen LogP contribution is 2.39. The van der Waals surface area contributed by atoms with Gasteiger partial charge in [0.15, 0.2) is 0 Å². The van der Waals surface area contributed by atoms with Crippen molar-refractivity contribution in [1.82, 2.24) is 10.2 Å². The molecule has 0 aliphatic heterocycles. The molecule has 0 atom stereocenters. The van der Waals surface area contributed by atoms with Gasteiger partial charge in [-0.15, -0.1) is 10.2 Å². The van der Waals surface area contributed by atoms with Gasteiger partial charge >= 0.3 is 5.97 Å². The fraction of sp³-hybridized carbons (Fsp3) is 0.571. The molecule has 0 radical (unpaired) electrons. The minimum atomic E-state index is -0.805. The van der Waals surface area contributed by atoms with Crippen LogP contribution in [0.2, 0.25) is 0 Å². The average molecular weight is 199 g/mol. The van der Waals surface area contributed by atoms with Crippen molar-refractivity contribution in [3.8, 4) is 0 Å². The van der Waals surface area contributed by atoms with E-state index >= 15 is 0 Å². The summed E-state index contributed by atoms with van der Waals surface area (Å²) in [6.45, 7) is 1.84. The van der Waals surface area contributed by atoms with E-state index in [1.165, 1.54) is 11.3 Å². The van der Waals surface area contributed by atoms with Gasteiger partial charge in [0, 0.05) is 0 Å². The Balaban J connectivity index is 2.10. The van der Waals surface area contributed by atoms with Crippen LogP contribution in [0.25, 0.3) is 0 Å². The molecule has 1 aromatic rings. The average Bonchev–Trinajstić information content (AvgIpc) is 2.72. The third-order valence-corrected chi connectivity index (χ3v) is 2.79. The van der Waals surface area contributed by atoms with E-state index in [0.717, 1.165) is 5.01 Å². The second kappa shape index (κ2) is 2.66. The Morgan fingerprint density at radius 3 is 2.69 bits per heavy atom. The number of carbonyl (C=O) groups is 1. The number of aromatic nitrogens is 2. The third-order valence-electron chi connectivity index (χ3n) is 2.03. The van der Waals surface area contributed by atoms with Gasteiger partial charge in [-0.3, -0.25) is 0 Å². The van der Waals surface area contributed by atoms with Crippen LogP contribution in [0.15, 0.2) is 0 Å². The maximum atomic E-state index is 10.8. The molecule has 0 aromatic carbocycles. The van der Waals surface area contributed by atoms with Gasteiger partial charge in [-0.05, 0) is 19.8 Å². The molecule has 5 nitrogen and oxygen atoms in total. The van der Waals surface area contributed by atoms with Crippen molar-refractivity contribution >= 4 is 22.4 Å². The first-order chi connectivity index (χ1) is 6.12. The van der Waals surface area contributed by atoms with Crippen LogP contribution in [-0.4, -0.2) is 26.8 Å². The molecule has 0 bridgehead atoms. The van der Waals surface area contributed by atoms with Crippen LogP contribution in [0.4, 0.5) is 5.13 Å². The number of aryl methyl sites for hydroxylation is 1. The number of nitrogens with one attached hydrogen (secondary N) is 1. The van der Waals surface area contributed by atoms with Gasteiger partial charge < -0.3 is 10.4 Å². The maximum absolute atomic E-state index is 10.8. The zero-order chi connectivity index (χ0) is 9.47. The quantitative estimate of drug-likeness (QED) is 0.755. The Kier molecular flexibility index (Phi) is 1.73. The molecule has 0 amide bonds. The Labute approximate surface area is 78.8 Å². The second-order valence-electron chi connectivity index (χ2n) is 3.14. The largest absolute Gasteiger partial charge is 0.480 e. The number of hydrogen-bond acceptors (Lipinski definition) is 5. The van der Waals surface area contributed by atoms with Crippen molar-refractivity contribution in [3.63, 3.8) is 0 Å². The molecule has 1 heterocycles. The molecular formula is C7H9N3O2S. The smallest absolute Gasteiger partial charge is 0.329 e. The predicted molar refractivity (Wildman–Crippen MR) is 47.9 cm³/mol. The molecule has 70 valence electrons. The summed E-state index contributed by atoms with van der Waals surface area (Å²) in [5, 5.41) is 20.8. The summed E-state index contributed by atoms with van der Waals surface area (Å²) in [6.07, 6.45) is 1.34. The molecule has 1 aromatic heterocycles. The molecule has 13 heavy (non-hydrogen) atoms. The molecule has 0 saturated heterocycles. The topological polar surface area (TPSA) is 75.1 Å². The van der Waals surface area contributed by atoms with E-state index in [0.29, 0.717) is 18.0 Å². The summed E-state index contributed by atoms with van der Waals surface area (Å²) >= 11 is 1.38. The first-order valence-corrected chi connectivity index (χ1v) is 4.76. The summed E-state index contributed by atoms with van der Waals surface area (Å²) in [5.74, 6) is -0.805. The van der Waals surface area contributed by atoms with E-state index in [4.69, 9.17) is 5.11 Å². The number of nitrogens with zero attached hydrogens (tertiary/aromatic N) is 2. The zero-order valence-corrected chi connectivity index (χ0v) is 7.89. The molecule has 1 aliphatic rings. The van der Waals surface area contributed by atoms with Crippen molar-refractivity contribution in [2.45, 2.75) is 25.3 Å². The van der Waals surface area contributed by atoms with Crippen LogP contribution >= 0.6 is 11.3 Å². The highest BCUT2D eigenvalue weighted by Gasteiger charge is 2.51. The normalized spacial score (nSPS) is 18.2. The first-order valence-electron chi connectivity index (χ1n) is 3.94. The third kappa shape index (κ3) is 1.49. The van der Waals surface area contributed by atoms with Gasteiger partial charge in [0.1, 0.15) is 10.5 Å². The minimum absolute atomic E-state index is 0.595. The van der Waals surface area contributed by atoms with Gasteiger partial charge in [-0.25, -0.2) is 4.79 Å². The molecule has 2 rings (SSSR count). The van der Waals surface area contributed by atoms with E-state index in [9.17, 15) is 4.79 Å². The van der Waals surface area contributed by atoms with Crippen LogP contribution in [0.3, 0.4) is 0 Å². The Bertz CT molecular complexity index is 345. The van der Waals surface area contributed by atoms with Gasteiger partial charge in [-0.1, -0.05) is 11.3 Å². The van der Waals surface area contributed by atoms with Gasteiger partial charge in [0.05, 0.1) is 0 Å². The molecule has 1 aliphatic carbocycles. The fourth-order valence-electron chi connectivity index (χ4n) is 1.07. The molecule has 1 saturated carbocycles. The van der Waals surface area contributed by atoms with Crippen LogP contribution in [-0.2, 0) is 4.79 Å². The van der Waals surface area contributed by atoms with E-state index in [2.05, 4.69) is 15.5 Å². The van der Waals surface area contributed by atoms with Gasteiger partial charge in [0.25, 0.3) is 0 Å². The highest BCUT2D eigenvalue weighted by atomic mass is 32.1. The van der Waals surface area contributed by atoms with E-state index in [-0.39, 0.29) is 0 Å². The number of aliphatic carboxylic acids is 1. The molecular weight excluding hydrogens is 190 g/mol. The Morgan fingerprint density at radius 1 is 1.62 bits per heavy atom. The SMILES string of the molecule is Cc1nnc(NC2(C(=O)O)CC2)s1. The van der Waals surface area contributed by atoms with Crippen LogP contribution in [0.5, 0.6) is 0 Å². The lowest BCUT2D eigenvalue weighted by atomic mass is 10.3. The number of carboxylic acid groups (broad SMARTS) is 1. The molecule has 0 spiro atoms. The van der Waals surface area contributed by atoms with Crippen molar-refractivity contribution in [2.24, 2.45) is 0 Å². The molecule has 0 unspecified atom stereocenters. The van der Waals surface area contributed by atoms with E-state index in [1.807, 2.05) is 6.92 Å². The zero-order valence-electron chi connectivity index (χ0n) is 7.07. The summed E-state index contributed by atoms with van der Waals surface area (Å²) < 4.78 is 0. The fourth-order valence-corrected chi connectivity index (χ4v) is 1.76. The molecule has 6 heteroatoms. The Hall–Kier alpha value is -1.17. The standard InChI is InChI=1S/C7H9N3O2S/c1-4-9-10-6(13-4)8-7(2-3-7)5(11)12/h2-3H2,1H3,(H,8,10)(H,11,12). The first kappa shape index (κ1) is 8.43. The number of hydrogen-bond donors (Lipinski definition) is 2. The van der Waals surface area contributed by atoms with E-state index in [1.54, 1.807) is 0 Å². The number of rotatable bonds is 3. The summed E-state index contributed by atoms with van der Waals surface area (Å²) in [4.78, 5) is 10.8. The van der Waals surface area contributed by atoms with Crippen molar-refractivity contribution in [1.29, 1.82) is 0 Å². The Morgan fingerprint density at radius 2 is 2.31 bits per heavy atom. The van der Waals surface area contributed by atoms with Gasteiger partial charge in [0.2, 0.25) is 5.13 Å². The van der Waals surface area contributed by atoms with Crippen molar-refractivity contribution in [2.75, 3.05) is 5.32 Å². The van der Waals surface area contributed by atoms with E-state index < -0.39 is 11.5 Å². The molecule has 2 N–H and O–H groups in total. The lowest BCUT2D eigenvalue weighted by molar-refractivity contribution is -0.138. The second-order valence-corrected chi connectivity index (χ2v) is 4.32. The monoisotopic (exact) mass is 199 g/mol. The summed E-state index contributed by atoms with van der Waals surface area (Å²) in [5.41, 5.74) is -0.758. The lowest BCUT2D eigenvalue weighted by Crippen LogP contribution is -2.31. The minimum Gasteiger partial charge on any atom is -0.480 e. The number of carboxylic acids is 1. The number of anilines is 1. The van der Waals surface area contributed by atoms with Crippen molar-refractivity contribution < 1.29 is 9.90 Å². The van der Waals surface area contributed by atoms with Crippen LogP contribution < -0.4 is 5.32 Å². The highest BCUT2D eigenvalue weighted by molar-refractivity contribution is 7.15. The molecule has 1 fully saturated rings. The van der Waals surface area contributed by atoms with Crippen molar-refractivity contribution in [3.05, 3.63) is 5.01 Å². The maximum Gasteiger partial charge on any atom is 0.329 e. The van der Waals surface area contributed by atoms with Crippen LogP contribution in [0, 0.1) is 6.92 Å². The summed E-state index contributed by atoms with van der Waals surface area (Å²) in [6, 6.07) is 0. The van der Waals surface area contributed by atoms with Crippen LogP contribution in [0.1, 0.15) is 17.8 Å².